The van der Waals surface area contributed by atoms with Crippen LogP contribution in [-0.4, -0.2) is 40.5 Å². The molecule has 3 heterocycles. The lowest BCUT2D eigenvalue weighted by Gasteiger charge is -2.31. The van der Waals surface area contributed by atoms with E-state index in [1.54, 1.807) is 0 Å². The molecule has 1 aliphatic heterocycles. The number of nitrogens with one attached hydrogen (secondary N) is 3. The molecule has 1 saturated heterocycles. The number of carbonyl (C=O) groups excluding carboxylic acids is 1. The number of hydrogen-bond acceptors (Lipinski definition) is 3. The van der Waals surface area contributed by atoms with Gasteiger partial charge in [-0.15, -0.1) is 0 Å². The topological polar surface area (TPSA) is 76.8 Å². The molecular weight excluding hydrogens is 398 g/mol. The van der Waals surface area contributed by atoms with Crippen molar-refractivity contribution >= 4 is 45.4 Å². The number of H-pyrrole nitrogens is 2. The van der Waals surface area contributed by atoms with Gasteiger partial charge >= 0.3 is 0 Å². The lowest BCUT2D eigenvalue weighted by atomic mass is 9.97. The summed E-state index contributed by atoms with van der Waals surface area (Å²) in [4.78, 5) is 26.3. The number of hydrogen-bond donors (Lipinski definition) is 3. The first-order valence-corrected chi connectivity index (χ1v) is 10.8. The molecule has 0 spiro atoms. The molecule has 2 aromatic carbocycles. The Kier molecular flexibility index (Phi) is 5.09. The number of nitrogens with zero attached hydrogens (tertiary/aromatic N) is 2. The zero-order valence-corrected chi connectivity index (χ0v) is 17.4. The zero-order valence-electron chi connectivity index (χ0n) is 16.6. The van der Waals surface area contributed by atoms with E-state index in [9.17, 15) is 4.79 Å². The summed E-state index contributed by atoms with van der Waals surface area (Å²) in [5.41, 5.74) is 4.17. The minimum atomic E-state index is -0.0291. The number of fused-ring (bicyclic) bond motifs is 2. The first-order chi connectivity index (χ1) is 14.7. The smallest absolute Gasteiger partial charge is 0.224 e. The molecular formula is C23H24ClN5O. The van der Waals surface area contributed by atoms with E-state index in [2.05, 4.69) is 37.3 Å². The minimum Gasteiger partial charge on any atom is -0.361 e. The number of imidazole rings is 1. The van der Waals surface area contributed by atoms with Gasteiger partial charge in [-0.25, -0.2) is 4.98 Å². The van der Waals surface area contributed by atoms with Crippen LogP contribution in [0.1, 0.15) is 18.4 Å². The molecule has 154 valence electrons. The third-order valence-electron chi connectivity index (χ3n) is 5.89. The van der Waals surface area contributed by atoms with Crippen LogP contribution in [0.15, 0.2) is 48.7 Å². The van der Waals surface area contributed by atoms with Gasteiger partial charge in [0, 0.05) is 41.8 Å². The second-order valence-electron chi connectivity index (χ2n) is 7.91. The van der Waals surface area contributed by atoms with Crippen LogP contribution in [0, 0.1) is 5.92 Å². The van der Waals surface area contributed by atoms with Crippen molar-refractivity contribution in [3.63, 3.8) is 0 Å². The molecule has 5 rings (SSSR count). The zero-order chi connectivity index (χ0) is 20.5. The molecule has 4 aromatic rings. The maximum atomic E-state index is 12.8. The van der Waals surface area contributed by atoms with Gasteiger partial charge < -0.3 is 20.2 Å². The minimum absolute atomic E-state index is 0.0291. The first kappa shape index (κ1) is 19.0. The van der Waals surface area contributed by atoms with Crippen molar-refractivity contribution in [3.05, 3.63) is 59.2 Å². The number of benzene rings is 2. The Bertz CT molecular complexity index is 1200. The molecule has 6 nitrogen and oxygen atoms in total. The quantitative estimate of drug-likeness (QED) is 0.450. The molecule has 0 radical (unpaired) electrons. The Labute approximate surface area is 179 Å². The molecule has 1 aliphatic rings. The number of amides is 1. The number of halogens is 1. The van der Waals surface area contributed by atoms with Gasteiger partial charge in [0.25, 0.3) is 0 Å². The highest BCUT2D eigenvalue weighted by Crippen LogP contribution is 2.25. The fraction of sp³-hybridized carbons (Fsp3) is 0.304. The van der Waals surface area contributed by atoms with Gasteiger partial charge in [0.2, 0.25) is 11.9 Å². The fourth-order valence-electron chi connectivity index (χ4n) is 4.30. The lowest BCUT2D eigenvalue weighted by Crippen LogP contribution is -2.43. The van der Waals surface area contributed by atoms with Crippen LogP contribution in [0.3, 0.4) is 0 Å². The Balaban J connectivity index is 1.20. The number of para-hydroxylation sites is 1. The van der Waals surface area contributed by atoms with Gasteiger partial charge in [-0.1, -0.05) is 29.8 Å². The molecule has 1 fully saturated rings. The summed E-state index contributed by atoms with van der Waals surface area (Å²) < 4.78 is 0. The van der Waals surface area contributed by atoms with Gasteiger partial charge in [0.15, 0.2) is 0 Å². The summed E-state index contributed by atoms with van der Waals surface area (Å²) in [5, 5.41) is 5.04. The van der Waals surface area contributed by atoms with E-state index >= 15 is 0 Å². The monoisotopic (exact) mass is 421 g/mol. The van der Waals surface area contributed by atoms with E-state index in [1.807, 2.05) is 36.5 Å². The van der Waals surface area contributed by atoms with Crippen LogP contribution in [0.25, 0.3) is 21.9 Å². The van der Waals surface area contributed by atoms with Gasteiger partial charge in [-0.2, -0.15) is 0 Å². The number of aromatic amines is 2. The standard InChI is InChI=1S/C23H24ClN5O/c24-17-7-8-20-21(12-17)28-23(27-20)29-11-3-4-16(14-29)22(30)25-10-9-15-13-26-19-6-2-1-5-18(15)19/h1-2,5-8,12-13,16,26H,3-4,9-11,14H2,(H,25,30)(H,27,28). The van der Waals surface area contributed by atoms with E-state index in [0.717, 1.165) is 48.3 Å². The number of rotatable bonds is 5. The highest BCUT2D eigenvalue weighted by atomic mass is 35.5. The largest absolute Gasteiger partial charge is 0.361 e. The molecule has 2 aromatic heterocycles. The highest BCUT2D eigenvalue weighted by molar-refractivity contribution is 6.31. The number of aromatic nitrogens is 3. The van der Waals surface area contributed by atoms with Gasteiger partial charge in [-0.3, -0.25) is 4.79 Å². The average molecular weight is 422 g/mol. The lowest BCUT2D eigenvalue weighted by molar-refractivity contribution is -0.125. The summed E-state index contributed by atoms with van der Waals surface area (Å²) >= 11 is 6.08. The summed E-state index contributed by atoms with van der Waals surface area (Å²) in [6, 6.07) is 13.9. The van der Waals surface area contributed by atoms with E-state index in [-0.39, 0.29) is 11.8 Å². The van der Waals surface area contributed by atoms with Gasteiger partial charge in [-0.05, 0) is 49.1 Å². The van der Waals surface area contributed by atoms with Crippen LogP contribution in [0.2, 0.25) is 5.02 Å². The van der Waals surface area contributed by atoms with Crippen LogP contribution >= 0.6 is 11.6 Å². The molecule has 1 atom stereocenters. The van der Waals surface area contributed by atoms with E-state index in [0.29, 0.717) is 18.1 Å². The molecule has 0 saturated carbocycles. The van der Waals surface area contributed by atoms with Crippen molar-refractivity contribution in [1.82, 2.24) is 20.3 Å². The Hall–Kier alpha value is -2.99. The summed E-state index contributed by atoms with van der Waals surface area (Å²) in [7, 11) is 0. The third-order valence-corrected chi connectivity index (χ3v) is 6.13. The van der Waals surface area contributed by atoms with Crippen molar-refractivity contribution in [2.24, 2.45) is 5.92 Å². The fourth-order valence-corrected chi connectivity index (χ4v) is 4.48. The molecule has 3 N–H and O–H groups in total. The van der Waals surface area contributed by atoms with Gasteiger partial charge in [0.1, 0.15) is 0 Å². The highest BCUT2D eigenvalue weighted by Gasteiger charge is 2.27. The predicted molar refractivity (Wildman–Crippen MR) is 121 cm³/mol. The van der Waals surface area contributed by atoms with E-state index < -0.39 is 0 Å². The first-order valence-electron chi connectivity index (χ1n) is 10.4. The Morgan fingerprint density at radius 2 is 2.13 bits per heavy atom. The van der Waals surface area contributed by atoms with Crippen molar-refractivity contribution < 1.29 is 4.79 Å². The van der Waals surface area contributed by atoms with E-state index in [4.69, 9.17) is 11.6 Å². The maximum Gasteiger partial charge on any atom is 0.224 e. The summed E-state index contributed by atoms with van der Waals surface area (Å²) in [5.74, 6) is 0.903. The third kappa shape index (κ3) is 3.75. The Morgan fingerprint density at radius 1 is 1.23 bits per heavy atom. The Morgan fingerprint density at radius 3 is 3.07 bits per heavy atom. The van der Waals surface area contributed by atoms with Crippen LogP contribution in [0.5, 0.6) is 0 Å². The van der Waals surface area contributed by atoms with Gasteiger partial charge in [0.05, 0.1) is 17.0 Å². The molecule has 1 amide bonds. The maximum absolute atomic E-state index is 12.8. The summed E-state index contributed by atoms with van der Waals surface area (Å²) in [6.45, 7) is 2.21. The molecule has 1 unspecified atom stereocenters. The second kappa shape index (κ2) is 8.03. The normalized spacial score (nSPS) is 17.0. The van der Waals surface area contributed by atoms with Crippen molar-refractivity contribution in [2.45, 2.75) is 19.3 Å². The second-order valence-corrected chi connectivity index (χ2v) is 8.34. The summed E-state index contributed by atoms with van der Waals surface area (Å²) in [6.07, 6.45) is 4.73. The number of piperidine rings is 1. The molecule has 7 heteroatoms. The molecule has 0 aliphatic carbocycles. The SMILES string of the molecule is O=C(NCCc1c[nH]c2ccccc12)C1CCCN(c2nc3ccc(Cl)cc3[nH]2)C1. The van der Waals surface area contributed by atoms with Crippen molar-refractivity contribution in [3.8, 4) is 0 Å². The van der Waals surface area contributed by atoms with Crippen molar-refractivity contribution in [1.29, 1.82) is 0 Å². The van der Waals surface area contributed by atoms with Crippen molar-refractivity contribution in [2.75, 3.05) is 24.5 Å². The molecule has 30 heavy (non-hydrogen) atoms. The number of anilines is 1. The van der Waals surface area contributed by atoms with Crippen LogP contribution in [-0.2, 0) is 11.2 Å². The molecule has 0 bridgehead atoms. The average Bonchev–Trinajstić information content (AvgIpc) is 3.38. The van der Waals surface area contributed by atoms with Crippen LogP contribution < -0.4 is 10.2 Å². The number of carbonyl (C=O) groups is 1. The predicted octanol–water partition coefficient (Wildman–Crippen LogP) is 4.27. The van der Waals surface area contributed by atoms with E-state index in [1.165, 1.54) is 10.9 Å². The van der Waals surface area contributed by atoms with Crippen LogP contribution in [0.4, 0.5) is 5.95 Å².